The number of rotatable bonds is 6. The molecule has 0 unspecified atom stereocenters. The number of hydrazine groups is 1. The Bertz CT molecular complexity index is 2580. The summed E-state index contributed by atoms with van der Waals surface area (Å²) in [7, 11) is 0. The number of allylic oxidation sites excluding steroid dienone is 2. The minimum Gasteiger partial charge on any atom is -0.508 e. The van der Waals surface area contributed by atoms with Gasteiger partial charge >= 0.3 is 0 Å². The van der Waals surface area contributed by atoms with Crippen molar-refractivity contribution < 1.29 is 28.7 Å². The molecule has 1 saturated carbocycles. The van der Waals surface area contributed by atoms with Crippen molar-refractivity contribution in [1.29, 1.82) is 0 Å². The van der Waals surface area contributed by atoms with Crippen molar-refractivity contribution in [2.75, 3.05) is 10.3 Å². The van der Waals surface area contributed by atoms with Crippen LogP contribution >= 0.6 is 0 Å². The van der Waals surface area contributed by atoms with E-state index in [2.05, 4.69) is 10.4 Å². The molecule has 56 heavy (non-hydrogen) atoms. The van der Waals surface area contributed by atoms with E-state index >= 15 is 4.79 Å². The Hall–Kier alpha value is -6.81. The maximum atomic E-state index is 15.3. The average Bonchev–Trinajstić information content (AvgIpc) is 3.83. The Morgan fingerprint density at radius 2 is 1.54 bits per heavy atom. The summed E-state index contributed by atoms with van der Waals surface area (Å²) in [6.07, 6.45) is 2.48. The van der Waals surface area contributed by atoms with Gasteiger partial charge in [-0.1, -0.05) is 83.9 Å². The summed E-state index contributed by atoms with van der Waals surface area (Å²) in [6, 6.07) is 38.1. The zero-order valence-electron chi connectivity index (χ0n) is 30.3. The van der Waals surface area contributed by atoms with E-state index < -0.39 is 46.8 Å². The van der Waals surface area contributed by atoms with Gasteiger partial charge in [0, 0.05) is 11.5 Å². The number of amides is 4. The van der Waals surface area contributed by atoms with Crippen LogP contribution in [0.3, 0.4) is 0 Å². The summed E-state index contributed by atoms with van der Waals surface area (Å²) in [6.45, 7) is 1.96. The van der Waals surface area contributed by atoms with Gasteiger partial charge in [0.1, 0.15) is 11.3 Å². The van der Waals surface area contributed by atoms with Crippen LogP contribution in [-0.4, -0.2) is 38.7 Å². The number of carbonyl (C=O) groups is 4. The lowest BCUT2D eigenvalue weighted by Gasteiger charge is -2.50. The van der Waals surface area contributed by atoms with Gasteiger partial charge in [-0.2, -0.15) is 5.01 Å². The van der Waals surface area contributed by atoms with Crippen LogP contribution in [0.25, 0.3) is 22.6 Å². The molecule has 6 aromatic rings. The Morgan fingerprint density at radius 1 is 0.786 bits per heavy atom. The molecule has 4 amide bonds. The minimum atomic E-state index is -1.41. The van der Waals surface area contributed by atoms with Crippen molar-refractivity contribution in [3.63, 3.8) is 0 Å². The number of phenols is 1. The van der Waals surface area contributed by atoms with E-state index in [1.807, 2.05) is 97.9 Å². The van der Waals surface area contributed by atoms with E-state index in [1.165, 1.54) is 4.90 Å². The maximum absolute atomic E-state index is 15.3. The highest BCUT2D eigenvalue weighted by Gasteiger charge is 2.70. The van der Waals surface area contributed by atoms with E-state index in [9.17, 15) is 19.5 Å². The summed E-state index contributed by atoms with van der Waals surface area (Å²) in [5.41, 5.74) is 8.00. The van der Waals surface area contributed by atoms with Gasteiger partial charge in [0.2, 0.25) is 17.7 Å². The molecule has 1 aromatic heterocycles. The Morgan fingerprint density at radius 3 is 2.29 bits per heavy atom. The van der Waals surface area contributed by atoms with Crippen LogP contribution in [0.15, 0.2) is 143 Å². The fraction of sp³-hybridized carbons (Fsp3) is 0.196. The molecule has 4 aliphatic rings. The molecule has 0 radical (unpaired) electrons. The minimum absolute atomic E-state index is 0.0182. The van der Waals surface area contributed by atoms with Gasteiger partial charge in [0.25, 0.3) is 11.8 Å². The number of oxazole rings is 1. The molecule has 10 heteroatoms. The number of nitrogens with one attached hydrogen (secondary N) is 1. The zero-order valence-corrected chi connectivity index (χ0v) is 30.3. The fourth-order valence-electron chi connectivity index (χ4n) is 9.83. The first-order valence-electron chi connectivity index (χ1n) is 18.8. The predicted molar refractivity (Wildman–Crippen MR) is 209 cm³/mol. The van der Waals surface area contributed by atoms with E-state index in [-0.39, 0.29) is 30.4 Å². The van der Waals surface area contributed by atoms with Gasteiger partial charge in [0.15, 0.2) is 5.58 Å². The molecular formula is C46H36N4O6. The molecule has 10 nitrogen and oxygen atoms in total. The largest absolute Gasteiger partial charge is 0.508 e. The first-order chi connectivity index (χ1) is 27.2. The Kier molecular flexibility index (Phi) is 7.61. The standard InChI is InChI=1S/C46H36N4O6/c1-26-14-18-30(19-15-26)48-50-43(53)36-25-35-33(40(28-8-7-11-32(51)24-28)46(36,45(50)55)29-9-3-2-4-10-29)22-23-34-39(35)44(54)49(42(34)52)31-20-16-27(17-21-31)41-47-37-12-5-6-13-38(37)56-41/h2-22,24,34-36,39-40,48,51H,23,25H2,1H3/t34-,35+,36-,39-,40-,46+/m0/s1. The molecular weight excluding hydrogens is 705 g/mol. The van der Waals surface area contributed by atoms with Gasteiger partial charge < -0.3 is 9.52 Å². The summed E-state index contributed by atoms with van der Waals surface area (Å²) < 4.78 is 5.95. The second kappa shape index (κ2) is 12.6. The number of fused-ring (bicyclic) bond motifs is 5. The Balaban J connectivity index is 1.06. The van der Waals surface area contributed by atoms with Crippen LogP contribution in [0.4, 0.5) is 11.4 Å². The summed E-state index contributed by atoms with van der Waals surface area (Å²) in [4.78, 5) is 65.0. The van der Waals surface area contributed by atoms with Crippen LogP contribution < -0.4 is 10.3 Å². The molecule has 0 spiro atoms. The maximum Gasteiger partial charge on any atom is 0.260 e. The van der Waals surface area contributed by atoms with E-state index in [1.54, 1.807) is 42.5 Å². The lowest BCUT2D eigenvalue weighted by Crippen LogP contribution is -2.53. The van der Waals surface area contributed by atoms with Crippen molar-refractivity contribution in [2.45, 2.75) is 31.1 Å². The fourth-order valence-corrected chi connectivity index (χ4v) is 9.83. The van der Waals surface area contributed by atoms with Crippen LogP contribution in [0, 0.1) is 30.6 Å². The lowest BCUT2D eigenvalue weighted by atomic mass is 9.49. The van der Waals surface area contributed by atoms with Gasteiger partial charge in [0.05, 0.1) is 34.5 Å². The molecule has 2 N–H and O–H groups in total. The number of hydrogen-bond acceptors (Lipinski definition) is 8. The van der Waals surface area contributed by atoms with Crippen molar-refractivity contribution in [2.24, 2.45) is 23.7 Å². The Labute approximate surface area is 322 Å². The van der Waals surface area contributed by atoms with E-state index in [0.717, 1.165) is 21.7 Å². The SMILES string of the molecule is Cc1ccc(NN2C(=O)[C@@H]3C[C@@H]4C(=CC[C@@H]5C(=O)N(c6ccc(-c7nc8ccccc8o7)cc6)C(=O)[C@@H]54)[C@H](c4cccc(O)c4)[C@]3(c3ccccc3)C2=O)cc1. The van der Waals surface area contributed by atoms with Gasteiger partial charge in [-0.25, -0.2) is 4.98 Å². The van der Waals surface area contributed by atoms with E-state index in [0.29, 0.717) is 39.5 Å². The summed E-state index contributed by atoms with van der Waals surface area (Å²) in [5.74, 6) is -4.55. The third kappa shape index (κ3) is 4.91. The molecule has 0 bridgehead atoms. The van der Waals surface area contributed by atoms with Crippen molar-refractivity contribution in [3.05, 3.63) is 156 Å². The number of imide groups is 2. The predicted octanol–water partition coefficient (Wildman–Crippen LogP) is 7.70. The number of benzene rings is 5. The third-order valence-corrected chi connectivity index (χ3v) is 12.3. The van der Waals surface area contributed by atoms with Gasteiger partial charge in [-0.15, -0.1) is 0 Å². The van der Waals surface area contributed by atoms with E-state index in [4.69, 9.17) is 4.42 Å². The zero-order chi connectivity index (χ0) is 38.3. The normalized spacial score (nSPS) is 25.6. The molecule has 2 aliphatic carbocycles. The number of aromatic nitrogens is 1. The highest BCUT2D eigenvalue weighted by molar-refractivity contribution is 6.22. The smallest absolute Gasteiger partial charge is 0.260 e. The second-order valence-corrected chi connectivity index (χ2v) is 15.2. The summed E-state index contributed by atoms with van der Waals surface area (Å²) >= 11 is 0. The lowest BCUT2D eigenvalue weighted by molar-refractivity contribution is -0.138. The number of aromatic hydroxyl groups is 1. The number of carbonyl (C=O) groups excluding carboxylic acids is 4. The van der Waals surface area contributed by atoms with Gasteiger partial charge in [-0.05, 0) is 97.5 Å². The van der Waals surface area contributed by atoms with Crippen molar-refractivity contribution in [1.82, 2.24) is 9.99 Å². The molecule has 276 valence electrons. The van der Waals surface area contributed by atoms with Crippen LogP contribution in [0.5, 0.6) is 5.75 Å². The number of nitrogens with zero attached hydrogens (tertiary/aromatic N) is 3. The average molecular weight is 741 g/mol. The molecule has 10 rings (SSSR count). The van der Waals surface area contributed by atoms with Gasteiger partial charge in [-0.3, -0.25) is 29.5 Å². The topological polar surface area (TPSA) is 133 Å². The van der Waals surface area contributed by atoms with Crippen molar-refractivity contribution >= 4 is 46.1 Å². The number of anilines is 2. The molecule has 3 fully saturated rings. The van der Waals surface area contributed by atoms with Crippen LogP contribution in [0.1, 0.15) is 35.4 Å². The molecule has 5 aromatic carbocycles. The summed E-state index contributed by atoms with van der Waals surface area (Å²) in [5, 5.41) is 12.0. The third-order valence-electron chi connectivity index (χ3n) is 12.3. The number of aryl methyl sites for hydroxylation is 1. The highest BCUT2D eigenvalue weighted by atomic mass is 16.3. The second-order valence-electron chi connectivity index (χ2n) is 15.2. The molecule has 2 saturated heterocycles. The number of phenolic OH excluding ortho intramolecular Hbond substituents is 1. The highest BCUT2D eigenvalue weighted by Crippen LogP contribution is 2.64. The molecule has 6 atom stereocenters. The first-order valence-corrected chi connectivity index (χ1v) is 18.8. The van der Waals surface area contributed by atoms with Crippen molar-refractivity contribution in [3.8, 4) is 17.2 Å². The van der Waals surface area contributed by atoms with Crippen LogP contribution in [-0.2, 0) is 24.6 Å². The number of para-hydroxylation sites is 2. The first kappa shape index (κ1) is 33.7. The monoisotopic (exact) mass is 740 g/mol. The number of hydrogen-bond donors (Lipinski definition) is 2. The van der Waals surface area contributed by atoms with Crippen LogP contribution in [0.2, 0.25) is 0 Å². The quantitative estimate of drug-likeness (QED) is 0.131. The molecule has 3 heterocycles. The molecule has 2 aliphatic heterocycles.